The maximum absolute atomic E-state index is 10.7. The first kappa shape index (κ1) is 11.9. The highest BCUT2D eigenvalue weighted by molar-refractivity contribution is 5.83. The maximum Gasteiger partial charge on any atom is 0.377 e. The molecule has 0 unspecified atom stereocenters. The molecule has 7 heteroatoms. The van der Waals surface area contributed by atoms with Gasteiger partial charge < -0.3 is 19.1 Å². The Kier molecular flexibility index (Phi) is 3.13. The smallest absolute Gasteiger partial charge is 0.377 e. The Morgan fingerprint density at radius 3 is 2.67 bits per heavy atom. The molecule has 2 aromatic rings. The van der Waals surface area contributed by atoms with Gasteiger partial charge in [-0.25, -0.2) is 4.79 Å². The highest BCUT2D eigenvalue weighted by Crippen LogP contribution is 2.32. The first-order chi connectivity index (χ1) is 8.65. The van der Waals surface area contributed by atoms with Gasteiger partial charge in [0.2, 0.25) is 0 Å². The molecule has 0 aliphatic heterocycles. The van der Waals surface area contributed by atoms with Crippen LogP contribution in [0.4, 0.5) is 0 Å². The van der Waals surface area contributed by atoms with E-state index < -0.39 is 11.8 Å². The highest BCUT2D eigenvalue weighted by atomic mass is 16.5. The fourth-order valence-electron chi connectivity index (χ4n) is 1.40. The zero-order chi connectivity index (χ0) is 13.1. The predicted octanol–water partition coefficient (Wildman–Crippen LogP) is 1.45. The van der Waals surface area contributed by atoms with E-state index in [1.54, 1.807) is 18.2 Å². The van der Waals surface area contributed by atoms with Crippen molar-refractivity contribution in [2.24, 2.45) is 0 Å². The second kappa shape index (κ2) is 4.74. The Morgan fingerprint density at radius 1 is 1.33 bits per heavy atom. The van der Waals surface area contributed by atoms with Crippen LogP contribution in [0.25, 0.3) is 11.5 Å². The van der Waals surface area contributed by atoms with E-state index in [4.69, 9.17) is 19.1 Å². The van der Waals surface area contributed by atoms with Crippen molar-refractivity contribution in [3.63, 3.8) is 0 Å². The van der Waals surface area contributed by atoms with Crippen molar-refractivity contribution < 1.29 is 23.9 Å². The topological polar surface area (TPSA) is 94.7 Å². The molecular weight excluding hydrogens is 240 g/mol. The van der Waals surface area contributed by atoms with Gasteiger partial charge in [0.1, 0.15) is 11.5 Å². The van der Waals surface area contributed by atoms with Crippen molar-refractivity contribution in [1.29, 1.82) is 0 Å². The molecule has 0 atom stereocenters. The lowest BCUT2D eigenvalue weighted by atomic mass is 10.2. The molecule has 0 saturated heterocycles. The van der Waals surface area contributed by atoms with Gasteiger partial charge in [-0.2, -0.15) is 4.98 Å². The van der Waals surface area contributed by atoms with Crippen molar-refractivity contribution in [2.75, 3.05) is 14.2 Å². The van der Waals surface area contributed by atoms with Gasteiger partial charge in [-0.1, -0.05) is 0 Å². The molecule has 18 heavy (non-hydrogen) atoms. The summed E-state index contributed by atoms with van der Waals surface area (Å²) in [4.78, 5) is 14.4. The number of carbonyl (C=O) groups is 1. The van der Waals surface area contributed by atoms with Gasteiger partial charge in [0, 0.05) is 0 Å². The van der Waals surface area contributed by atoms with Gasteiger partial charge in [0.05, 0.1) is 19.8 Å². The zero-order valence-corrected chi connectivity index (χ0v) is 9.71. The molecule has 0 spiro atoms. The van der Waals surface area contributed by atoms with E-state index >= 15 is 0 Å². The first-order valence-electron chi connectivity index (χ1n) is 4.95. The summed E-state index contributed by atoms with van der Waals surface area (Å²) in [7, 11) is 3.00. The summed E-state index contributed by atoms with van der Waals surface area (Å²) in [6.07, 6.45) is 0. The number of hydrogen-bond donors (Lipinski definition) is 1. The molecule has 1 aromatic carbocycles. The van der Waals surface area contributed by atoms with Gasteiger partial charge in [-0.3, -0.25) is 0 Å². The zero-order valence-electron chi connectivity index (χ0n) is 9.71. The van der Waals surface area contributed by atoms with Crippen LogP contribution in [0.2, 0.25) is 0 Å². The van der Waals surface area contributed by atoms with Crippen LogP contribution in [0, 0.1) is 0 Å². The third-order valence-corrected chi connectivity index (χ3v) is 2.25. The molecule has 0 radical (unpaired) electrons. The van der Waals surface area contributed by atoms with Crippen LogP contribution in [-0.2, 0) is 0 Å². The van der Waals surface area contributed by atoms with Gasteiger partial charge >= 0.3 is 5.97 Å². The Balaban J connectivity index is 2.50. The van der Waals surface area contributed by atoms with Gasteiger partial charge in [0.15, 0.2) is 0 Å². The maximum atomic E-state index is 10.7. The summed E-state index contributed by atoms with van der Waals surface area (Å²) >= 11 is 0. The number of nitrogens with zero attached hydrogens (tertiary/aromatic N) is 2. The van der Waals surface area contributed by atoms with E-state index in [-0.39, 0.29) is 5.89 Å². The van der Waals surface area contributed by atoms with Crippen molar-refractivity contribution in [1.82, 2.24) is 10.1 Å². The van der Waals surface area contributed by atoms with Crippen LogP contribution in [0.3, 0.4) is 0 Å². The fourth-order valence-corrected chi connectivity index (χ4v) is 1.40. The normalized spacial score (nSPS) is 10.1. The molecule has 1 aromatic heterocycles. The number of carboxylic acids is 1. The Morgan fingerprint density at radius 2 is 2.11 bits per heavy atom. The average molecular weight is 250 g/mol. The molecule has 2 rings (SSSR count). The summed E-state index contributed by atoms with van der Waals surface area (Å²) < 4.78 is 15.1. The van der Waals surface area contributed by atoms with Crippen LogP contribution in [0.5, 0.6) is 11.5 Å². The van der Waals surface area contributed by atoms with Gasteiger partial charge in [0.25, 0.3) is 11.7 Å². The molecule has 0 fully saturated rings. The summed E-state index contributed by atoms with van der Waals surface area (Å²) in [6, 6.07) is 4.99. The lowest BCUT2D eigenvalue weighted by molar-refractivity contribution is 0.0680. The van der Waals surface area contributed by atoms with Crippen LogP contribution in [0.1, 0.15) is 10.6 Å². The molecule has 0 aliphatic rings. The summed E-state index contributed by atoms with van der Waals surface area (Å²) in [5, 5.41) is 12.1. The summed E-state index contributed by atoms with van der Waals surface area (Å²) in [5.74, 6) is -0.554. The average Bonchev–Trinajstić information content (AvgIpc) is 2.87. The first-order valence-corrected chi connectivity index (χ1v) is 4.95. The Bertz CT molecular complexity index is 579. The molecule has 0 saturated carbocycles. The van der Waals surface area contributed by atoms with Crippen LogP contribution < -0.4 is 9.47 Å². The minimum Gasteiger partial charge on any atom is -0.497 e. The lowest BCUT2D eigenvalue weighted by Crippen LogP contribution is -1.98. The standard InChI is InChI=1S/C11H10N2O5/c1-16-6-3-4-8(17-2)7(5-6)10-12-9(11(14)15)13-18-10/h3-5H,1-2H3,(H,14,15). The number of benzene rings is 1. The van der Waals surface area contributed by atoms with E-state index in [9.17, 15) is 4.79 Å². The van der Waals surface area contributed by atoms with E-state index in [0.29, 0.717) is 17.1 Å². The lowest BCUT2D eigenvalue weighted by Gasteiger charge is -2.06. The number of aromatic carboxylic acids is 1. The molecule has 1 heterocycles. The van der Waals surface area contributed by atoms with Crippen molar-refractivity contribution in [3.8, 4) is 23.0 Å². The third kappa shape index (κ3) is 2.10. The van der Waals surface area contributed by atoms with Crippen molar-refractivity contribution in [2.45, 2.75) is 0 Å². The van der Waals surface area contributed by atoms with E-state index in [1.165, 1.54) is 14.2 Å². The second-order valence-electron chi connectivity index (χ2n) is 3.29. The van der Waals surface area contributed by atoms with Crippen LogP contribution >= 0.6 is 0 Å². The molecular formula is C11H10N2O5. The number of rotatable bonds is 4. The number of hydrogen-bond acceptors (Lipinski definition) is 6. The Hall–Kier alpha value is -2.57. The van der Waals surface area contributed by atoms with Crippen molar-refractivity contribution >= 4 is 5.97 Å². The Labute approximate surface area is 102 Å². The predicted molar refractivity (Wildman–Crippen MR) is 59.8 cm³/mol. The largest absolute Gasteiger partial charge is 0.497 e. The minimum atomic E-state index is -1.26. The molecule has 94 valence electrons. The monoisotopic (exact) mass is 250 g/mol. The van der Waals surface area contributed by atoms with E-state index in [2.05, 4.69) is 10.1 Å². The van der Waals surface area contributed by atoms with Gasteiger partial charge in [-0.05, 0) is 23.4 Å². The fraction of sp³-hybridized carbons (Fsp3) is 0.182. The minimum absolute atomic E-state index is 0.0585. The summed E-state index contributed by atoms with van der Waals surface area (Å²) in [6.45, 7) is 0. The number of methoxy groups -OCH3 is 2. The number of aromatic nitrogens is 2. The van der Waals surface area contributed by atoms with Crippen LogP contribution in [0.15, 0.2) is 22.7 Å². The number of ether oxygens (including phenoxy) is 2. The molecule has 7 nitrogen and oxygen atoms in total. The molecule has 0 amide bonds. The van der Waals surface area contributed by atoms with E-state index in [1.807, 2.05) is 0 Å². The quantitative estimate of drug-likeness (QED) is 0.877. The number of carboxylic acid groups (broad SMARTS) is 1. The summed E-state index contributed by atoms with van der Waals surface area (Å²) in [5.41, 5.74) is 0.469. The third-order valence-electron chi connectivity index (χ3n) is 2.25. The highest BCUT2D eigenvalue weighted by Gasteiger charge is 2.18. The SMILES string of the molecule is COc1ccc(OC)c(-c2nc(C(=O)O)no2)c1. The van der Waals surface area contributed by atoms with Crippen molar-refractivity contribution in [3.05, 3.63) is 24.0 Å². The molecule has 0 aliphatic carbocycles. The van der Waals surface area contributed by atoms with Crippen LogP contribution in [-0.4, -0.2) is 35.4 Å². The van der Waals surface area contributed by atoms with Gasteiger partial charge in [-0.15, -0.1) is 0 Å². The van der Waals surface area contributed by atoms with E-state index in [0.717, 1.165) is 0 Å². The molecule has 1 N–H and O–H groups in total. The molecule has 0 bridgehead atoms. The second-order valence-corrected chi connectivity index (χ2v) is 3.29.